The number of hydrogen-bond donors (Lipinski definition) is 1. The van der Waals surface area contributed by atoms with E-state index in [4.69, 9.17) is 0 Å². The van der Waals surface area contributed by atoms with Gasteiger partial charge in [0.1, 0.15) is 5.69 Å². The highest BCUT2D eigenvalue weighted by molar-refractivity contribution is 5.87. The fourth-order valence-electron chi connectivity index (χ4n) is 2.83. The van der Waals surface area contributed by atoms with Gasteiger partial charge in [0, 0.05) is 12.7 Å². The van der Waals surface area contributed by atoms with Crippen LogP contribution in [0.4, 0.5) is 0 Å². The van der Waals surface area contributed by atoms with E-state index in [0.717, 1.165) is 18.5 Å². The number of aromatic carboxylic acids is 1. The second-order valence-electron chi connectivity index (χ2n) is 6.03. The highest BCUT2D eigenvalue weighted by atomic mass is 16.4. The first-order valence-corrected chi connectivity index (χ1v) is 8.55. The number of unbranched alkanes of at least 4 members (excludes halogenated alkanes) is 9. The van der Waals surface area contributed by atoms with Gasteiger partial charge in [-0.2, -0.15) is 0 Å². The zero-order chi connectivity index (χ0) is 15.5. The third-order valence-electron chi connectivity index (χ3n) is 4.12. The summed E-state index contributed by atoms with van der Waals surface area (Å²) in [5.41, 5.74) is 1.31. The maximum atomic E-state index is 11.2. The Morgan fingerprint density at radius 2 is 1.52 bits per heavy atom. The molecular formula is C18H31NO2. The molecule has 0 fully saturated rings. The monoisotopic (exact) mass is 293 g/mol. The maximum Gasteiger partial charge on any atom is 0.352 e. The number of aryl methyl sites for hydroxylation is 2. The van der Waals surface area contributed by atoms with E-state index in [9.17, 15) is 9.90 Å². The van der Waals surface area contributed by atoms with E-state index < -0.39 is 5.97 Å². The van der Waals surface area contributed by atoms with Gasteiger partial charge in [-0.3, -0.25) is 0 Å². The van der Waals surface area contributed by atoms with Gasteiger partial charge in [0.25, 0.3) is 0 Å². The molecule has 0 aliphatic rings. The summed E-state index contributed by atoms with van der Waals surface area (Å²) < 4.78 is 1.88. The van der Waals surface area contributed by atoms with E-state index >= 15 is 0 Å². The van der Waals surface area contributed by atoms with Crippen LogP contribution >= 0.6 is 0 Å². The third kappa shape index (κ3) is 6.83. The molecule has 0 unspecified atom stereocenters. The molecule has 3 heteroatoms. The lowest BCUT2D eigenvalue weighted by Gasteiger charge is -2.07. The Kier molecular flexibility index (Phi) is 8.88. The second kappa shape index (κ2) is 10.5. The molecule has 0 atom stereocenters. The highest BCUT2D eigenvalue weighted by Crippen LogP contribution is 2.14. The number of carboxylic acid groups (broad SMARTS) is 1. The molecule has 21 heavy (non-hydrogen) atoms. The Labute approximate surface area is 129 Å². The van der Waals surface area contributed by atoms with Crippen LogP contribution in [-0.4, -0.2) is 15.6 Å². The average Bonchev–Trinajstić information content (AvgIpc) is 2.82. The molecule has 0 aromatic carbocycles. The average molecular weight is 293 g/mol. The number of carbonyl (C=O) groups is 1. The van der Waals surface area contributed by atoms with Crippen LogP contribution in [0.2, 0.25) is 0 Å². The van der Waals surface area contributed by atoms with Gasteiger partial charge in [-0.15, -0.1) is 0 Å². The minimum absolute atomic E-state index is 0.450. The normalized spacial score (nSPS) is 11.0. The standard InChI is InChI=1S/C18H31NO2/c1-3-4-5-6-7-8-9-10-11-12-14-19-15-13-16(2)17(19)18(20)21/h13,15H,3-12,14H2,1-2H3,(H,20,21). The van der Waals surface area contributed by atoms with Gasteiger partial charge in [-0.1, -0.05) is 64.7 Å². The minimum Gasteiger partial charge on any atom is -0.477 e. The Balaban J connectivity index is 2.06. The summed E-state index contributed by atoms with van der Waals surface area (Å²) in [5, 5.41) is 9.18. The van der Waals surface area contributed by atoms with Crippen molar-refractivity contribution >= 4 is 5.97 Å². The van der Waals surface area contributed by atoms with Crippen molar-refractivity contribution in [1.82, 2.24) is 4.57 Å². The van der Waals surface area contributed by atoms with Crippen LogP contribution < -0.4 is 0 Å². The summed E-state index contributed by atoms with van der Waals surface area (Å²) in [6.45, 7) is 4.94. The van der Waals surface area contributed by atoms with Crippen molar-refractivity contribution in [2.24, 2.45) is 0 Å². The van der Waals surface area contributed by atoms with Crippen LogP contribution in [-0.2, 0) is 6.54 Å². The molecule has 0 saturated heterocycles. The lowest BCUT2D eigenvalue weighted by molar-refractivity contribution is 0.0684. The van der Waals surface area contributed by atoms with Crippen molar-refractivity contribution in [2.75, 3.05) is 0 Å². The van der Waals surface area contributed by atoms with Gasteiger partial charge >= 0.3 is 5.97 Å². The van der Waals surface area contributed by atoms with E-state index in [-0.39, 0.29) is 0 Å². The summed E-state index contributed by atoms with van der Waals surface area (Å²) >= 11 is 0. The molecule has 0 amide bonds. The molecular weight excluding hydrogens is 262 g/mol. The Bertz CT molecular complexity index is 409. The lowest BCUT2D eigenvalue weighted by atomic mass is 10.1. The number of rotatable bonds is 12. The van der Waals surface area contributed by atoms with E-state index in [1.165, 1.54) is 57.8 Å². The molecule has 0 spiro atoms. The topological polar surface area (TPSA) is 42.2 Å². The summed E-state index contributed by atoms with van der Waals surface area (Å²) in [4.78, 5) is 11.2. The highest BCUT2D eigenvalue weighted by Gasteiger charge is 2.12. The van der Waals surface area contributed by atoms with E-state index in [2.05, 4.69) is 6.92 Å². The quantitative estimate of drug-likeness (QED) is 0.523. The molecule has 1 aromatic rings. The van der Waals surface area contributed by atoms with Crippen molar-refractivity contribution < 1.29 is 9.90 Å². The van der Waals surface area contributed by atoms with Crippen molar-refractivity contribution in [2.45, 2.75) is 84.6 Å². The van der Waals surface area contributed by atoms with Crippen LogP contribution in [0.5, 0.6) is 0 Å². The third-order valence-corrected chi connectivity index (χ3v) is 4.12. The van der Waals surface area contributed by atoms with Crippen LogP contribution in [0.15, 0.2) is 12.3 Å². The zero-order valence-electron chi connectivity index (χ0n) is 13.7. The Hall–Kier alpha value is -1.25. The van der Waals surface area contributed by atoms with Gasteiger partial charge < -0.3 is 9.67 Å². The van der Waals surface area contributed by atoms with Crippen molar-refractivity contribution in [1.29, 1.82) is 0 Å². The predicted octanol–water partition coefficient (Wildman–Crippen LogP) is 5.42. The zero-order valence-corrected chi connectivity index (χ0v) is 13.7. The molecule has 3 nitrogen and oxygen atoms in total. The molecule has 1 aromatic heterocycles. The first-order chi connectivity index (χ1) is 10.2. The van der Waals surface area contributed by atoms with Gasteiger partial charge in [-0.25, -0.2) is 4.79 Å². The van der Waals surface area contributed by atoms with Crippen LogP contribution in [0.3, 0.4) is 0 Å². The SMILES string of the molecule is CCCCCCCCCCCCn1ccc(C)c1C(=O)O. The second-order valence-corrected chi connectivity index (χ2v) is 6.03. The van der Waals surface area contributed by atoms with Crippen molar-refractivity contribution in [3.8, 4) is 0 Å². The van der Waals surface area contributed by atoms with Gasteiger partial charge in [0.05, 0.1) is 0 Å². The molecule has 0 aliphatic carbocycles. The number of hydrogen-bond acceptors (Lipinski definition) is 1. The summed E-state index contributed by atoms with van der Waals surface area (Å²) in [5.74, 6) is -0.815. The molecule has 0 radical (unpaired) electrons. The molecule has 0 aliphatic heterocycles. The fraction of sp³-hybridized carbons (Fsp3) is 0.722. The number of carboxylic acids is 1. The summed E-state index contributed by atoms with van der Waals surface area (Å²) in [6, 6.07) is 1.89. The first-order valence-electron chi connectivity index (χ1n) is 8.55. The number of aromatic nitrogens is 1. The largest absolute Gasteiger partial charge is 0.477 e. The van der Waals surface area contributed by atoms with E-state index in [1.54, 1.807) is 0 Å². The summed E-state index contributed by atoms with van der Waals surface area (Å²) in [6.07, 6.45) is 15.0. The van der Waals surface area contributed by atoms with Crippen LogP contribution in [0.25, 0.3) is 0 Å². The number of nitrogens with zero attached hydrogens (tertiary/aromatic N) is 1. The van der Waals surface area contributed by atoms with E-state index in [1.807, 2.05) is 23.8 Å². The molecule has 0 saturated carbocycles. The predicted molar refractivity (Wildman–Crippen MR) is 88.0 cm³/mol. The molecule has 0 bridgehead atoms. The van der Waals surface area contributed by atoms with E-state index in [0.29, 0.717) is 5.69 Å². The smallest absolute Gasteiger partial charge is 0.352 e. The summed E-state index contributed by atoms with van der Waals surface area (Å²) in [7, 11) is 0. The Morgan fingerprint density at radius 3 is 2.05 bits per heavy atom. The van der Waals surface area contributed by atoms with Gasteiger partial charge in [0.15, 0.2) is 0 Å². The molecule has 1 rings (SSSR count). The van der Waals surface area contributed by atoms with Gasteiger partial charge in [-0.05, 0) is 25.0 Å². The Morgan fingerprint density at radius 1 is 1.00 bits per heavy atom. The first kappa shape index (κ1) is 17.8. The van der Waals surface area contributed by atoms with Crippen molar-refractivity contribution in [3.63, 3.8) is 0 Å². The molecule has 1 N–H and O–H groups in total. The van der Waals surface area contributed by atoms with Crippen molar-refractivity contribution in [3.05, 3.63) is 23.5 Å². The molecule has 120 valence electrons. The fourth-order valence-corrected chi connectivity index (χ4v) is 2.83. The maximum absolute atomic E-state index is 11.2. The van der Waals surface area contributed by atoms with Gasteiger partial charge in [0.2, 0.25) is 0 Å². The minimum atomic E-state index is -0.815. The van der Waals surface area contributed by atoms with Crippen LogP contribution in [0, 0.1) is 6.92 Å². The molecule has 1 heterocycles. The lowest BCUT2D eigenvalue weighted by Crippen LogP contribution is -2.09. The van der Waals surface area contributed by atoms with Crippen LogP contribution in [0.1, 0.15) is 87.2 Å².